The van der Waals surface area contributed by atoms with Gasteiger partial charge in [0, 0.05) is 38.6 Å². The number of β-lactam (4-membered cyclic amide) rings is 1. The summed E-state index contributed by atoms with van der Waals surface area (Å²) >= 11 is 0. The molecule has 10 heteroatoms. The van der Waals surface area contributed by atoms with Crippen molar-refractivity contribution in [1.82, 2.24) is 19.6 Å². The summed E-state index contributed by atoms with van der Waals surface area (Å²) in [4.78, 5) is 59.9. The van der Waals surface area contributed by atoms with Gasteiger partial charge in [0.05, 0.1) is 12.1 Å². The summed E-state index contributed by atoms with van der Waals surface area (Å²) in [6.07, 6.45) is 9.34. The molecule has 0 spiro atoms. The van der Waals surface area contributed by atoms with Crippen molar-refractivity contribution in [2.24, 2.45) is 0 Å². The first-order chi connectivity index (χ1) is 21.9. The van der Waals surface area contributed by atoms with E-state index in [9.17, 15) is 24.3 Å². The molecule has 238 valence electrons. The minimum Gasteiger partial charge on any atom is -0.480 e. The van der Waals surface area contributed by atoms with E-state index >= 15 is 0 Å². The Morgan fingerprint density at radius 1 is 0.911 bits per heavy atom. The van der Waals surface area contributed by atoms with Crippen molar-refractivity contribution in [2.45, 2.75) is 75.2 Å². The number of hydrogen-bond donors (Lipinski definition) is 1. The van der Waals surface area contributed by atoms with Gasteiger partial charge in [0.15, 0.2) is 0 Å². The van der Waals surface area contributed by atoms with Gasteiger partial charge in [-0.1, -0.05) is 92.1 Å². The molecule has 4 atom stereocenters. The average Bonchev–Trinajstić information content (AvgIpc) is 3.45. The van der Waals surface area contributed by atoms with E-state index in [2.05, 4.69) is 4.90 Å². The Bertz CT molecular complexity index is 1390. The molecule has 10 nitrogen and oxygen atoms in total. The third kappa shape index (κ3) is 6.61. The highest BCUT2D eigenvalue weighted by Gasteiger charge is 2.58. The van der Waals surface area contributed by atoms with E-state index in [1.807, 2.05) is 71.6 Å². The van der Waals surface area contributed by atoms with Crippen LogP contribution < -0.4 is 0 Å². The monoisotopic (exact) mass is 614 g/mol. The molecule has 2 aromatic carbocycles. The number of amides is 3. The first-order valence-electron chi connectivity index (χ1n) is 16.2. The van der Waals surface area contributed by atoms with E-state index in [1.54, 1.807) is 6.08 Å². The molecular formula is C35H42N4O6. The van der Waals surface area contributed by atoms with Crippen molar-refractivity contribution in [2.75, 3.05) is 32.8 Å². The summed E-state index contributed by atoms with van der Waals surface area (Å²) in [6.45, 7) is 3.06. The smallest absolute Gasteiger partial charge is 0.411 e. The number of carboxylic acids is 1. The Hall–Kier alpha value is -4.18. The van der Waals surface area contributed by atoms with Crippen LogP contribution in [-0.4, -0.2) is 106 Å². The zero-order valence-electron chi connectivity index (χ0n) is 25.6. The number of rotatable bonds is 10. The maximum Gasteiger partial charge on any atom is 0.411 e. The van der Waals surface area contributed by atoms with Gasteiger partial charge >= 0.3 is 12.1 Å². The van der Waals surface area contributed by atoms with E-state index in [0.29, 0.717) is 19.1 Å². The first-order valence-corrected chi connectivity index (χ1v) is 16.2. The van der Waals surface area contributed by atoms with Gasteiger partial charge in [0.25, 0.3) is 0 Å². The Balaban J connectivity index is 1.17. The zero-order valence-corrected chi connectivity index (χ0v) is 25.6. The average molecular weight is 615 g/mol. The van der Waals surface area contributed by atoms with Crippen molar-refractivity contribution in [3.63, 3.8) is 0 Å². The van der Waals surface area contributed by atoms with Gasteiger partial charge in [-0.05, 0) is 30.4 Å². The minimum atomic E-state index is -1.21. The number of hydrogen-bond acceptors (Lipinski definition) is 6. The van der Waals surface area contributed by atoms with Crippen LogP contribution in [0.4, 0.5) is 4.79 Å². The Kier molecular flexibility index (Phi) is 9.49. The number of carbonyl (C=O) groups is 4. The molecule has 0 radical (unpaired) electrons. The van der Waals surface area contributed by atoms with E-state index in [0.717, 1.165) is 24.2 Å². The van der Waals surface area contributed by atoms with Crippen molar-refractivity contribution >= 4 is 30.0 Å². The predicted octanol–water partition coefficient (Wildman–Crippen LogP) is 4.18. The molecule has 3 aliphatic heterocycles. The lowest BCUT2D eigenvalue weighted by Crippen LogP contribution is -2.73. The van der Waals surface area contributed by atoms with Crippen LogP contribution in [0.5, 0.6) is 0 Å². The second-order valence-corrected chi connectivity index (χ2v) is 12.5. The van der Waals surface area contributed by atoms with E-state index in [-0.39, 0.29) is 25.4 Å². The molecule has 6 rings (SSSR count). The minimum absolute atomic E-state index is 0.00228. The van der Waals surface area contributed by atoms with Gasteiger partial charge in [-0.3, -0.25) is 19.4 Å². The summed E-state index contributed by atoms with van der Waals surface area (Å²) < 4.78 is 5.41. The molecule has 0 aromatic heterocycles. The molecule has 1 aliphatic carbocycles. The number of carbonyl (C=O) groups excluding carboxylic acids is 3. The standard InChI is InChI=1S/C35H42N4O6/c40-31(37-22-20-36(21-23-37)27-14-8-3-9-15-27)19-18-29(34(42)43)38-28(17-16-25-10-4-1-5-11-25)32(33(38)41)39-30(24-45-35(39)44)26-12-6-2-7-13-26/h1-2,4-7,10-13,16-17,27-30,32H,3,8-9,14-15,18-24H2,(H,42,43)/t28-,29+,30-,32+/m1/s1. The van der Waals surface area contributed by atoms with Crippen molar-refractivity contribution in [3.05, 3.63) is 77.9 Å². The van der Waals surface area contributed by atoms with Crippen LogP contribution in [0.15, 0.2) is 66.7 Å². The van der Waals surface area contributed by atoms with Crippen LogP contribution in [0, 0.1) is 0 Å². The lowest BCUT2D eigenvalue weighted by molar-refractivity contribution is -0.168. The third-order valence-electron chi connectivity index (χ3n) is 9.84. The molecule has 0 bridgehead atoms. The summed E-state index contributed by atoms with van der Waals surface area (Å²) in [5, 5.41) is 10.3. The fourth-order valence-electron chi connectivity index (χ4n) is 7.39. The summed E-state index contributed by atoms with van der Waals surface area (Å²) in [5.41, 5.74) is 1.72. The number of carboxylic acid groups (broad SMARTS) is 1. The lowest BCUT2D eigenvalue weighted by Gasteiger charge is -2.51. The van der Waals surface area contributed by atoms with Gasteiger partial charge in [-0.25, -0.2) is 9.59 Å². The number of likely N-dealkylation sites (tertiary alicyclic amines) is 1. The van der Waals surface area contributed by atoms with Crippen molar-refractivity contribution in [1.29, 1.82) is 0 Å². The zero-order chi connectivity index (χ0) is 31.3. The quantitative estimate of drug-likeness (QED) is 0.400. The van der Waals surface area contributed by atoms with Crippen LogP contribution in [0.1, 0.15) is 62.1 Å². The fraction of sp³-hybridized carbons (Fsp3) is 0.486. The second kappa shape index (κ2) is 13.9. The number of ether oxygens (including phenoxy) is 1. The maximum atomic E-state index is 13.8. The molecule has 4 fully saturated rings. The molecule has 3 saturated heterocycles. The molecule has 45 heavy (non-hydrogen) atoms. The molecule has 1 N–H and O–H groups in total. The molecule has 4 aliphatic rings. The van der Waals surface area contributed by atoms with Gasteiger partial charge in [-0.15, -0.1) is 0 Å². The summed E-state index contributed by atoms with van der Waals surface area (Å²) in [7, 11) is 0. The molecular weight excluding hydrogens is 572 g/mol. The van der Waals surface area contributed by atoms with Gasteiger partial charge in [-0.2, -0.15) is 0 Å². The molecule has 3 amide bonds. The van der Waals surface area contributed by atoms with Crippen molar-refractivity contribution < 1.29 is 29.0 Å². The fourth-order valence-corrected chi connectivity index (χ4v) is 7.39. The lowest BCUT2D eigenvalue weighted by atomic mass is 9.87. The van der Waals surface area contributed by atoms with Crippen LogP contribution >= 0.6 is 0 Å². The summed E-state index contributed by atoms with van der Waals surface area (Å²) in [6, 6.07) is 16.2. The Morgan fingerprint density at radius 2 is 1.58 bits per heavy atom. The number of piperazine rings is 1. The van der Waals surface area contributed by atoms with Crippen LogP contribution in [0.3, 0.4) is 0 Å². The Morgan fingerprint density at radius 3 is 2.24 bits per heavy atom. The summed E-state index contributed by atoms with van der Waals surface area (Å²) in [5.74, 6) is -1.71. The second-order valence-electron chi connectivity index (χ2n) is 12.5. The highest BCUT2D eigenvalue weighted by atomic mass is 16.6. The highest BCUT2D eigenvalue weighted by molar-refractivity contribution is 5.97. The van der Waals surface area contributed by atoms with E-state index in [4.69, 9.17) is 4.74 Å². The largest absolute Gasteiger partial charge is 0.480 e. The van der Waals surface area contributed by atoms with Gasteiger partial charge in [0.1, 0.15) is 18.7 Å². The van der Waals surface area contributed by atoms with Crippen LogP contribution in [0.2, 0.25) is 0 Å². The van der Waals surface area contributed by atoms with Crippen LogP contribution in [0.25, 0.3) is 6.08 Å². The van der Waals surface area contributed by atoms with Crippen molar-refractivity contribution in [3.8, 4) is 0 Å². The molecule has 1 saturated carbocycles. The number of aliphatic carboxylic acids is 1. The molecule has 2 aromatic rings. The Labute approximate surface area is 264 Å². The topological polar surface area (TPSA) is 111 Å². The third-order valence-corrected chi connectivity index (χ3v) is 9.84. The predicted molar refractivity (Wildman–Crippen MR) is 168 cm³/mol. The highest BCUT2D eigenvalue weighted by Crippen LogP contribution is 2.39. The number of benzene rings is 2. The van der Waals surface area contributed by atoms with E-state index in [1.165, 1.54) is 41.9 Å². The maximum absolute atomic E-state index is 13.8. The number of cyclic esters (lactones) is 1. The normalized spacial score (nSPS) is 25.3. The SMILES string of the molecule is O=C(O)[C@H](CCC(=O)N1CCN(C2CCCCC2)CC1)N1C(=O)[C@@H](N2C(=O)OC[C@@H]2c2ccccc2)[C@H]1C=Cc1ccccc1. The molecule has 0 unspecified atom stereocenters. The first kappa shape index (κ1) is 30.8. The number of nitrogens with zero attached hydrogens (tertiary/aromatic N) is 4. The van der Waals surface area contributed by atoms with E-state index < -0.39 is 42.1 Å². The van der Waals surface area contributed by atoms with Gasteiger partial charge in [0.2, 0.25) is 11.8 Å². The van der Waals surface area contributed by atoms with Crippen LogP contribution in [-0.2, 0) is 19.1 Å². The van der Waals surface area contributed by atoms with Gasteiger partial charge < -0.3 is 19.6 Å². The molecule has 3 heterocycles.